The summed E-state index contributed by atoms with van der Waals surface area (Å²) in [4.78, 5) is 36.1. The number of carbonyl (C=O) groups is 3. The minimum atomic E-state index is -0.291. The molecular formula is C24H23N3O4. The van der Waals surface area contributed by atoms with Crippen LogP contribution in [0.4, 0.5) is 5.69 Å². The van der Waals surface area contributed by atoms with Crippen LogP contribution < -0.4 is 10.6 Å². The summed E-state index contributed by atoms with van der Waals surface area (Å²) in [6.45, 7) is 0.547. The fourth-order valence-electron chi connectivity index (χ4n) is 3.73. The number of hydrogen-bond donors (Lipinski definition) is 2. The number of aromatic nitrogens is 1. The summed E-state index contributed by atoms with van der Waals surface area (Å²) < 4.78 is 6.47. The first-order chi connectivity index (χ1) is 15.1. The summed E-state index contributed by atoms with van der Waals surface area (Å²) >= 11 is 0. The Labute approximate surface area is 179 Å². The molecule has 4 rings (SSSR count). The third-order valence-electron chi connectivity index (χ3n) is 5.25. The zero-order valence-electron chi connectivity index (χ0n) is 17.2. The van der Waals surface area contributed by atoms with Crippen LogP contribution >= 0.6 is 0 Å². The van der Waals surface area contributed by atoms with E-state index in [9.17, 15) is 14.4 Å². The van der Waals surface area contributed by atoms with Crippen LogP contribution in [0.1, 0.15) is 24.0 Å². The van der Waals surface area contributed by atoms with Crippen molar-refractivity contribution in [3.8, 4) is 0 Å². The largest absolute Gasteiger partial charge is 0.469 e. The summed E-state index contributed by atoms with van der Waals surface area (Å²) in [6, 6.07) is 15.4. The number of esters is 1. The topological polar surface area (TPSA) is 89.4 Å². The summed E-state index contributed by atoms with van der Waals surface area (Å²) in [5.74, 6) is -0.573. The van der Waals surface area contributed by atoms with Gasteiger partial charge in [0.15, 0.2) is 0 Å². The highest BCUT2D eigenvalue weighted by Gasteiger charge is 2.24. The van der Waals surface area contributed by atoms with Crippen molar-refractivity contribution in [1.82, 2.24) is 9.88 Å². The Morgan fingerprint density at radius 3 is 2.74 bits per heavy atom. The molecule has 0 atom stereocenters. The third kappa shape index (κ3) is 4.35. The van der Waals surface area contributed by atoms with Crippen LogP contribution in [0.15, 0.2) is 54.7 Å². The van der Waals surface area contributed by atoms with Gasteiger partial charge in [0.05, 0.1) is 7.11 Å². The van der Waals surface area contributed by atoms with E-state index in [2.05, 4.69) is 15.4 Å². The van der Waals surface area contributed by atoms with Crippen molar-refractivity contribution < 1.29 is 19.1 Å². The highest BCUT2D eigenvalue weighted by Crippen LogP contribution is 2.34. The lowest BCUT2D eigenvalue weighted by atomic mass is 10.0. The van der Waals surface area contributed by atoms with Gasteiger partial charge in [0.25, 0.3) is 5.91 Å². The molecule has 2 heterocycles. The number of benzene rings is 2. The number of methoxy groups -OCH3 is 1. The maximum absolute atomic E-state index is 12.5. The van der Waals surface area contributed by atoms with Gasteiger partial charge in [-0.25, -0.2) is 0 Å². The van der Waals surface area contributed by atoms with Crippen molar-refractivity contribution in [2.24, 2.45) is 0 Å². The third-order valence-corrected chi connectivity index (χ3v) is 5.25. The molecule has 1 aromatic heterocycles. The molecule has 2 aromatic carbocycles. The summed E-state index contributed by atoms with van der Waals surface area (Å²) in [5, 5.41) is 6.68. The summed E-state index contributed by atoms with van der Waals surface area (Å²) in [5.41, 5.74) is 4.05. The van der Waals surface area contributed by atoms with Crippen LogP contribution in [0.25, 0.3) is 22.6 Å². The predicted octanol–water partition coefficient (Wildman–Crippen LogP) is 3.20. The van der Waals surface area contributed by atoms with Crippen LogP contribution in [0.5, 0.6) is 0 Å². The molecule has 2 N–H and O–H groups in total. The van der Waals surface area contributed by atoms with Gasteiger partial charge in [-0.15, -0.1) is 0 Å². The van der Waals surface area contributed by atoms with Crippen molar-refractivity contribution in [2.45, 2.75) is 19.4 Å². The zero-order valence-corrected chi connectivity index (χ0v) is 17.2. The highest BCUT2D eigenvalue weighted by molar-refractivity contribution is 6.35. The van der Waals surface area contributed by atoms with Crippen molar-refractivity contribution in [2.75, 3.05) is 19.0 Å². The molecule has 158 valence electrons. The Bertz CT molecular complexity index is 1190. The second-order valence-electron chi connectivity index (χ2n) is 7.32. The zero-order chi connectivity index (χ0) is 21.8. The molecule has 0 saturated heterocycles. The minimum absolute atomic E-state index is 0.138. The fraction of sp³-hybridized carbons (Fsp3) is 0.208. The van der Waals surface area contributed by atoms with Gasteiger partial charge >= 0.3 is 5.97 Å². The molecule has 1 aliphatic heterocycles. The van der Waals surface area contributed by atoms with Gasteiger partial charge in [0.1, 0.15) is 6.54 Å². The molecule has 1 aliphatic rings. The van der Waals surface area contributed by atoms with Crippen LogP contribution in [0, 0.1) is 0 Å². The molecule has 0 aliphatic carbocycles. The lowest BCUT2D eigenvalue weighted by Crippen LogP contribution is -2.28. The molecule has 0 saturated carbocycles. The number of para-hydroxylation sites is 2. The lowest BCUT2D eigenvalue weighted by Gasteiger charge is -2.07. The monoisotopic (exact) mass is 417 g/mol. The predicted molar refractivity (Wildman–Crippen MR) is 119 cm³/mol. The molecular weight excluding hydrogens is 394 g/mol. The van der Waals surface area contributed by atoms with E-state index in [1.807, 2.05) is 65.4 Å². The van der Waals surface area contributed by atoms with E-state index >= 15 is 0 Å². The van der Waals surface area contributed by atoms with E-state index in [0.717, 1.165) is 27.7 Å². The smallest absolute Gasteiger partial charge is 0.305 e. The van der Waals surface area contributed by atoms with Crippen molar-refractivity contribution in [3.63, 3.8) is 0 Å². The number of fused-ring (bicyclic) bond motifs is 2. The van der Waals surface area contributed by atoms with E-state index in [1.165, 1.54) is 7.11 Å². The Kier molecular flexibility index (Phi) is 5.84. The van der Waals surface area contributed by atoms with Crippen LogP contribution in [-0.2, 0) is 25.7 Å². The maximum Gasteiger partial charge on any atom is 0.305 e. The standard InChI is InChI=1S/C24H23N3O4/c1-31-23(29)11-6-12-25-22(28)15-27-14-16(17-7-3-5-10-21(17)27)13-19-18-8-2-4-9-20(18)26-24(19)30/h2-5,7-10,13-14H,6,11-12,15H2,1H3,(H,25,28)(H,26,30)/b19-13+. The van der Waals surface area contributed by atoms with Crippen molar-refractivity contribution in [3.05, 3.63) is 65.9 Å². The van der Waals surface area contributed by atoms with E-state index in [0.29, 0.717) is 18.5 Å². The first-order valence-electron chi connectivity index (χ1n) is 10.1. The highest BCUT2D eigenvalue weighted by atomic mass is 16.5. The van der Waals surface area contributed by atoms with Crippen molar-refractivity contribution >= 4 is 46.0 Å². The van der Waals surface area contributed by atoms with Crippen LogP contribution in [0.2, 0.25) is 0 Å². The van der Waals surface area contributed by atoms with Crippen LogP contribution in [-0.4, -0.2) is 36.0 Å². The van der Waals surface area contributed by atoms with Gasteiger partial charge in [-0.2, -0.15) is 0 Å². The fourth-order valence-corrected chi connectivity index (χ4v) is 3.73. The molecule has 0 bridgehead atoms. The number of anilines is 1. The Morgan fingerprint density at radius 2 is 1.90 bits per heavy atom. The quantitative estimate of drug-likeness (QED) is 0.351. The normalized spacial score (nSPS) is 13.8. The molecule has 7 nitrogen and oxygen atoms in total. The van der Waals surface area contributed by atoms with Gasteiger partial charge in [-0.1, -0.05) is 36.4 Å². The molecule has 2 amide bonds. The van der Waals surface area contributed by atoms with Crippen molar-refractivity contribution in [1.29, 1.82) is 0 Å². The second kappa shape index (κ2) is 8.87. The molecule has 0 spiro atoms. The first kappa shape index (κ1) is 20.4. The van der Waals surface area contributed by atoms with E-state index < -0.39 is 0 Å². The molecule has 0 unspecified atom stereocenters. The van der Waals surface area contributed by atoms with E-state index in [4.69, 9.17) is 0 Å². The lowest BCUT2D eigenvalue weighted by molar-refractivity contribution is -0.140. The number of nitrogens with zero attached hydrogens (tertiary/aromatic N) is 1. The van der Waals surface area contributed by atoms with Gasteiger partial charge in [-0.3, -0.25) is 14.4 Å². The Hall–Kier alpha value is -3.87. The van der Waals surface area contributed by atoms with E-state index in [-0.39, 0.29) is 30.7 Å². The Balaban J connectivity index is 1.55. The number of ether oxygens (including phenoxy) is 1. The molecule has 0 radical (unpaired) electrons. The van der Waals surface area contributed by atoms with E-state index in [1.54, 1.807) is 0 Å². The number of amides is 2. The minimum Gasteiger partial charge on any atom is -0.469 e. The average Bonchev–Trinajstić information content (AvgIpc) is 3.28. The van der Waals surface area contributed by atoms with Gasteiger partial charge in [0, 0.05) is 52.5 Å². The van der Waals surface area contributed by atoms with Gasteiger partial charge < -0.3 is 19.9 Å². The number of carbonyl (C=O) groups excluding carboxylic acids is 3. The number of nitrogens with one attached hydrogen (secondary N) is 2. The average molecular weight is 417 g/mol. The molecule has 3 aromatic rings. The number of rotatable bonds is 7. The molecule has 31 heavy (non-hydrogen) atoms. The van der Waals surface area contributed by atoms with Gasteiger partial charge in [0.2, 0.25) is 5.91 Å². The SMILES string of the molecule is COC(=O)CCCNC(=O)Cn1cc(/C=C2/C(=O)Nc3ccccc32)c2ccccc21. The maximum atomic E-state index is 12.5. The summed E-state index contributed by atoms with van der Waals surface area (Å²) in [7, 11) is 1.35. The number of hydrogen-bond acceptors (Lipinski definition) is 4. The first-order valence-corrected chi connectivity index (χ1v) is 10.1. The van der Waals surface area contributed by atoms with Crippen LogP contribution in [0.3, 0.4) is 0 Å². The molecule has 0 fully saturated rings. The summed E-state index contributed by atoms with van der Waals surface area (Å²) in [6.07, 6.45) is 4.55. The molecule has 7 heteroatoms. The second-order valence-corrected chi connectivity index (χ2v) is 7.32. The Morgan fingerprint density at radius 1 is 1.13 bits per heavy atom. The van der Waals surface area contributed by atoms with Gasteiger partial charge in [-0.05, 0) is 24.6 Å².